The molecule has 0 amide bonds. The number of hydrogen-bond donors (Lipinski definition) is 0. The van der Waals surface area contributed by atoms with Gasteiger partial charge in [-0.2, -0.15) is 34.4 Å². The molecule has 2 aromatic rings. The Bertz CT molecular complexity index is 395. The summed E-state index contributed by atoms with van der Waals surface area (Å²) in [7, 11) is 0.750. The molecule has 0 atom stereocenters. The number of halogens is 2. The van der Waals surface area contributed by atoms with Crippen molar-refractivity contribution < 1.29 is 35.6 Å². The van der Waals surface area contributed by atoms with E-state index in [1.807, 2.05) is 0 Å². The van der Waals surface area contributed by atoms with E-state index in [2.05, 4.69) is 77.2 Å². The van der Waals surface area contributed by atoms with Crippen LogP contribution in [0.25, 0.3) is 0 Å². The summed E-state index contributed by atoms with van der Waals surface area (Å²) in [5, 5.41) is 0. The zero-order chi connectivity index (χ0) is 14.7. The van der Waals surface area contributed by atoms with Crippen molar-refractivity contribution in [3.8, 4) is 0 Å². The van der Waals surface area contributed by atoms with E-state index in [0.717, 1.165) is 9.52 Å². The van der Waals surface area contributed by atoms with Crippen molar-refractivity contribution >= 4 is 9.52 Å². The van der Waals surface area contributed by atoms with Gasteiger partial charge in [-0.25, -0.2) is 24.3 Å². The molecule has 22 heavy (non-hydrogen) atoms. The summed E-state index contributed by atoms with van der Waals surface area (Å²) < 4.78 is 0. The van der Waals surface area contributed by atoms with E-state index >= 15 is 0 Å². The Labute approximate surface area is 157 Å². The van der Waals surface area contributed by atoms with Gasteiger partial charge in [-0.05, 0) is 0 Å². The second-order valence-corrected chi connectivity index (χ2v) is 5.91. The molecule has 0 aliphatic rings. The molecule has 0 unspecified atom stereocenters. The SMILES string of the molecule is CC[c-]1cccc1C.CC[c-]1cccc1C.C[SiH]C.[F-].[F-].[Zr+4]. The van der Waals surface area contributed by atoms with Gasteiger partial charge in [-0.3, -0.25) is 0 Å². The minimum atomic E-state index is 0. The Morgan fingerprint density at radius 2 is 1.09 bits per heavy atom. The van der Waals surface area contributed by atoms with Crippen molar-refractivity contribution in [2.24, 2.45) is 0 Å². The van der Waals surface area contributed by atoms with Crippen molar-refractivity contribution in [2.75, 3.05) is 0 Å². The van der Waals surface area contributed by atoms with E-state index in [9.17, 15) is 0 Å². The summed E-state index contributed by atoms with van der Waals surface area (Å²) in [5.41, 5.74) is 5.80. The monoisotopic (exact) mass is 401 g/mol. The second kappa shape index (κ2) is 18.7. The third kappa shape index (κ3) is 12.2. The zero-order valence-electron chi connectivity index (χ0n) is 14.7. The van der Waals surface area contributed by atoms with Gasteiger partial charge in [0.2, 0.25) is 0 Å². The minimum Gasteiger partial charge on any atom is -1.00 e. The summed E-state index contributed by atoms with van der Waals surface area (Å²) in [6, 6.07) is 12.9. The molecule has 0 aromatic heterocycles. The van der Waals surface area contributed by atoms with Crippen LogP contribution in [0.3, 0.4) is 0 Å². The molecule has 0 bridgehead atoms. The first kappa shape index (κ1) is 29.6. The Kier molecular flexibility index (Phi) is 25.2. The largest absolute Gasteiger partial charge is 4.00 e. The zero-order valence-corrected chi connectivity index (χ0v) is 18.3. The summed E-state index contributed by atoms with van der Waals surface area (Å²) in [4.78, 5) is 0. The molecule has 0 spiro atoms. The topological polar surface area (TPSA) is 0 Å². The van der Waals surface area contributed by atoms with E-state index in [1.54, 1.807) is 0 Å². The first-order valence-corrected chi connectivity index (χ1v) is 9.57. The Morgan fingerprint density at radius 1 is 0.818 bits per heavy atom. The average molecular weight is 403 g/mol. The standard InChI is InChI=1S/2C8H11.C2H7Si.2FH.Zr/c2*1-3-8-6-4-5-7(8)2;1-3-2;;;/h2*4-6H,3H2,1-2H3;3H,1-2H3;2*1H;/q2*-1;;;;+4/p-2. The van der Waals surface area contributed by atoms with Gasteiger partial charge in [0.1, 0.15) is 0 Å². The van der Waals surface area contributed by atoms with Crippen LogP contribution in [0.1, 0.15) is 36.1 Å². The van der Waals surface area contributed by atoms with Crippen LogP contribution in [-0.2, 0) is 39.0 Å². The summed E-state index contributed by atoms with van der Waals surface area (Å²) in [6.07, 6.45) is 2.33. The first-order valence-electron chi connectivity index (χ1n) is 7.26. The van der Waals surface area contributed by atoms with Gasteiger partial charge in [-0.15, -0.1) is 0 Å². The van der Waals surface area contributed by atoms with E-state index in [0.29, 0.717) is 0 Å². The normalized spacial score (nSPS) is 7.91. The predicted molar refractivity (Wildman–Crippen MR) is 91.2 cm³/mol. The molecule has 0 aliphatic carbocycles. The van der Waals surface area contributed by atoms with Crippen molar-refractivity contribution in [2.45, 2.75) is 53.6 Å². The molecular weight excluding hydrogens is 374 g/mol. The van der Waals surface area contributed by atoms with Crippen molar-refractivity contribution in [1.29, 1.82) is 0 Å². The van der Waals surface area contributed by atoms with Crippen molar-refractivity contribution in [3.05, 3.63) is 58.7 Å². The molecule has 0 saturated heterocycles. The summed E-state index contributed by atoms with van der Waals surface area (Å²) in [6.45, 7) is 13.1. The maximum Gasteiger partial charge on any atom is 4.00 e. The molecule has 0 saturated carbocycles. The van der Waals surface area contributed by atoms with Crippen molar-refractivity contribution in [1.82, 2.24) is 0 Å². The van der Waals surface area contributed by atoms with Gasteiger partial charge in [0, 0.05) is 9.52 Å². The second-order valence-electron chi connectivity index (χ2n) is 4.75. The van der Waals surface area contributed by atoms with Crippen LogP contribution in [0.5, 0.6) is 0 Å². The Hall–Kier alpha value is -0.340. The van der Waals surface area contributed by atoms with Crippen LogP contribution in [-0.4, -0.2) is 9.52 Å². The van der Waals surface area contributed by atoms with Crippen LogP contribution in [0.15, 0.2) is 36.4 Å². The molecular formula is C18H29F2SiZr. The van der Waals surface area contributed by atoms with Gasteiger partial charge in [0.05, 0.1) is 0 Å². The number of rotatable bonds is 2. The predicted octanol–water partition coefficient (Wildman–Crippen LogP) is -0.923. The van der Waals surface area contributed by atoms with Gasteiger partial charge >= 0.3 is 26.2 Å². The van der Waals surface area contributed by atoms with Gasteiger partial charge < -0.3 is 9.41 Å². The minimum absolute atomic E-state index is 0. The maximum atomic E-state index is 2.21. The first-order chi connectivity index (χ1) is 9.10. The Balaban J connectivity index is -0.000000112. The van der Waals surface area contributed by atoms with Crippen LogP contribution < -0.4 is 9.41 Å². The fraction of sp³-hybridized carbons (Fsp3) is 0.444. The van der Waals surface area contributed by atoms with Crippen LogP contribution in [0.4, 0.5) is 0 Å². The molecule has 0 N–H and O–H groups in total. The summed E-state index contributed by atoms with van der Waals surface area (Å²) >= 11 is 0. The smallest absolute Gasteiger partial charge is 1.00 e. The van der Waals surface area contributed by atoms with Crippen LogP contribution in [0, 0.1) is 13.8 Å². The fourth-order valence-corrected chi connectivity index (χ4v) is 1.89. The van der Waals surface area contributed by atoms with Gasteiger partial charge in [0.15, 0.2) is 0 Å². The molecule has 4 heteroatoms. The molecule has 0 nitrogen and oxygen atoms in total. The maximum absolute atomic E-state index is 2.21. The molecule has 2 rings (SSSR count). The van der Waals surface area contributed by atoms with E-state index in [1.165, 1.54) is 35.1 Å². The molecule has 2 aromatic carbocycles. The number of hydrogen-bond acceptors (Lipinski definition) is 0. The number of aryl methyl sites for hydroxylation is 4. The summed E-state index contributed by atoms with van der Waals surface area (Å²) in [5.74, 6) is 0. The Morgan fingerprint density at radius 3 is 1.18 bits per heavy atom. The quantitative estimate of drug-likeness (QED) is 0.450. The molecule has 123 valence electrons. The third-order valence-electron chi connectivity index (χ3n) is 3.06. The van der Waals surface area contributed by atoms with Gasteiger partial charge in [0.25, 0.3) is 0 Å². The van der Waals surface area contributed by atoms with Crippen LogP contribution in [0.2, 0.25) is 13.1 Å². The molecule has 0 heterocycles. The molecule has 1 radical (unpaired) electrons. The third-order valence-corrected chi connectivity index (χ3v) is 3.06. The van der Waals surface area contributed by atoms with E-state index in [4.69, 9.17) is 0 Å². The average Bonchev–Trinajstić information content (AvgIpc) is 2.99. The van der Waals surface area contributed by atoms with Gasteiger partial charge in [-0.1, -0.05) is 53.6 Å². The van der Waals surface area contributed by atoms with Crippen LogP contribution >= 0.6 is 0 Å². The fourth-order valence-electron chi connectivity index (χ4n) is 1.89. The van der Waals surface area contributed by atoms with E-state index < -0.39 is 0 Å². The molecule has 0 aliphatic heterocycles. The van der Waals surface area contributed by atoms with Crippen molar-refractivity contribution in [3.63, 3.8) is 0 Å². The van der Waals surface area contributed by atoms with E-state index in [-0.39, 0.29) is 35.6 Å². The molecule has 0 fully saturated rings.